The molecular weight excluding hydrogens is 375 g/mol. The molecule has 7 heteroatoms. The fourth-order valence-electron chi connectivity index (χ4n) is 2.19. The van der Waals surface area contributed by atoms with Gasteiger partial charge in [-0.25, -0.2) is 0 Å². The number of ketones is 2. The van der Waals surface area contributed by atoms with E-state index in [1.165, 1.54) is 12.1 Å². The highest BCUT2D eigenvalue weighted by Crippen LogP contribution is 2.37. The van der Waals surface area contributed by atoms with Crippen LogP contribution in [-0.2, 0) is 14.3 Å². The first-order valence-electron chi connectivity index (χ1n) is 7.47. The Morgan fingerprint density at radius 3 is 2.17 bits per heavy atom. The van der Waals surface area contributed by atoms with E-state index in [0.29, 0.717) is 12.8 Å². The summed E-state index contributed by atoms with van der Waals surface area (Å²) in [4.78, 5) is 37.8. The van der Waals surface area contributed by atoms with Gasteiger partial charge < -0.3 is 4.74 Å². The van der Waals surface area contributed by atoms with Gasteiger partial charge >= 0.3 is 5.97 Å². The lowest BCUT2D eigenvalue weighted by molar-refractivity contribution is -0.160. The lowest BCUT2D eigenvalue weighted by atomic mass is 9.91. The van der Waals surface area contributed by atoms with Gasteiger partial charge in [-0.2, -0.15) is 0 Å². The molecule has 0 spiro atoms. The van der Waals surface area contributed by atoms with Crippen LogP contribution in [0.25, 0.3) is 0 Å². The maximum Gasteiger partial charge on any atom is 0.325 e. The average molecular weight is 392 g/mol. The number of carbonyl (C=O) groups is 3. The van der Waals surface area contributed by atoms with Crippen molar-refractivity contribution in [3.63, 3.8) is 0 Å². The lowest BCUT2D eigenvalue weighted by Crippen LogP contribution is -2.38. The monoisotopic (exact) mass is 390 g/mol. The van der Waals surface area contributed by atoms with Gasteiger partial charge in [-0.3, -0.25) is 14.4 Å². The largest absolute Gasteiger partial charge is 0.459 e. The minimum Gasteiger partial charge on any atom is -0.459 e. The van der Waals surface area contributed by atoms with Crippen molar-refractivity contribution in [3.05, 3.63) is 32.8 Å². The van der Waals surface area contributed by atoms with Crippen LogP contribution in [0.3, 0.4) is 0 Å². The van der Waals surface area contributed by atoms with Gasteiger partial charge in [0.15, 0.2) is 17.5 Å². The first kappa shape index (κ1) is 19.2. The molecule has 1 fully saturated rings. The van der Waals surface area contributed by atoms with E-state index in [1.807, 2.05) is 0 Å². The fourth-order valence-corrected chi connectivity index (χ4v) is 2.82. The fraction of sp³-hybridized carbons (Fsp3) is 0.471. The molecule has 4 nitrogen and oxygen atoms in total. The molecule has 1 aliphatic rings. The van der Waals surface area contributed by atoms with Crippen LogP contribution in [0.5, 0.6) is 0 Å². The molecule has 24 heavy (non-hydrogen) atoms. The predicted molar refractivity (Wildman–Crippen MR) is 92.9 cm³/mol. The Balaban J connectivity index is 2.40. The highest BCUT2D eigenvalue weighted by atomic mass is 35.5. The van der Waals surface area contributed by atoms with Crippen molar-refractivity contribution in [2.24, 2.45) is 11.8 Å². The molecule has 130 valence electrons. The zero-order valence-electron chi connectivity index (χ0n) is 13.5. The van der Waals surface area contributed by atoms with Gasteiger partial charge in [0.1, 0.15) is 5.60 Å². The van der Waals surface area contributed by atoms with Crippen molar-refractivity contribution in [2.45, 2.75) is 39.2 Å². The molecule has 1 atom stereocenters. The molecule has 1 unspecified atom stereocenters. The van der Waals surface area contributed by atoms with Gasteiger partial charge in [-0.15, -0.1) is 0 Å². The van der Waals surface area contributed by atoms with Crippen molar-refractivity contribution in [1.82, 2.24) is 0 Å². The molecule has 0 radical (unpaired) electrons. The van der Waals surface area contributed by atoms with Crippen LogP contribution in [0, 0.1) is 11.8 Å². The van der Waals surface area contributed by atoms with Crippen LogP contribution < -0.4 is 0 Å². The van der Waals surface area contributed by atoms with Gasteiger partial charge in [0, 0.05) is 11.5 Å². The first-order chi connectivity index (χ1) is 11.0. The van der Waals surface area contributed by atoms with E-state index in [4.69, 9.17) is 39.5 Å². The van der Waals surface area contributed by atoms with Gasteiger partial charge in [0.25, 0.3) is 0 Å². The molecular formula is C17H17Cl3O4. The molecule has 0 N–H and O–H groups in total. The Bertz CT molecular complexity index is 703. The molecule has 1 saturated carbocycles. The van der Waals surface area contributed by atoms with E-state index in [9.17, 15) is 14.4 Å². The molecule has 0 amide bonds. The van der Waals surface area contributed by atoms with Crippen LogP contribution in [-0.4, -0.2) is 23.1 Å². The molecule has 0 heterocycles. The summed E-state index contributed by atoms with van der Waals surface area (Å²) in [6.45, 7) is 5.00. The SMILES string of the molecule is CC(C)(C)OC(=O)C(C(=O)c1ccc(Cl)c(Cl)c1Cl)C(=O)C1CC1. The summed E-state index contributed by atoms with van der Waals surface area (Å²) in [6, 6.07) is 2.76. The van der Waals surface area contributed by atoms with Gasteiger partial charge in [0.2, 0.25) is 0 Å². The van der Waals surface area contributed by atoms with Crippen molar-refractivity contribution in [1.29, 1.82) is 0 Å². The summed E-state index contributed by atoms with van der Waals surface area (Å²) in [7, 11) is 0. The topological polar surface area (TPSA) is 60.4 Å². The molecule has 0 saturated heterocycles. The molecule has 1 aromatic rings. The third-order valence-electron chi connectivity index (χ3n) is 3.47. The van der Waals surface area contributed by atoms with Gasteiger partial charge in [-0.05, 0) is 45.7 Å². The van der Waals surface area contributed by atoms with Crippen LogP contribution in [0.15, 0.2) is 12.1 Å². The Kier molecular flexibility index (Phi) is 5.63. The molecule has 1 aliphatic carbocycles. The maximum absolute atomic E-state index is 12.8. The number of hydrogen-bond acceptors (Lipinski definition) is 4. The number of rotatable bonds is 5. The Hall–Kier alpha value is -1.10. The zero-order valence-corrected chi connectivity index (χ0v) is 15.8. The highest BCUT2D eigenvalue weighted by molar-refractivity contribution is 6.49. The standard InChI is InChI=1S/C17H17Cl3O4/c1-17(2,3)24-16(23)11(14(21)8-4-5-8)15(22)9-6-7-10(18)13(20)12(9)19/h6-8,11H,4-5H2,1-3H3. The number of carbonyl (C=O) groups excluding carboxylic acids is 3. The van der Waals surface area contributed by atoms with E-state index in [-0.39, 0.29) is 26.5 Å². The first-order valence-corrected chi connectivity index (χ1v) is 8.60. The van der Waals surface area contributed by atoms with Crippen molar-refractivity contribution in [2.75, 3.05) is 0 Å². The zero-order chi connectivity index (χ0) is 18.2. The third kappa shape index (κ3) is 4.29. The molecule has 0 aromatic heterocycles. The quantitative estimate of drug-likeness (QED) is 0.314. The van der Waals surface area contributed by atoms with E-state index >= 15 is 0 Å². The maximum atomic E-state index is 12.8. The lowest BCUT2D eigenvalue weighted by Gasteiger charge is -2.23. The third-order valence-corrected chi connectivity index (χ3v) is 4.76. The van der Waals surface area contributed by atoms with Gasteiger partial charge in [0.05, 0.1) is 15.1 Å². The highest BCUT2D eigenvalue weighted by Gasteiger charge is 2.45. The van der Waals surface area contributed by atoms with Gasteiger partial charge in [-0.1, -0.05) is 34.8 Å². The smallest absolute Gasteiger partial charge is 0.325 e. The Labute approximate surface area is 155 Å². The summed E-state index contributed by atoms with van der Waals surface area (Å²) in [6.07, 6.45) is 1.33. The number of ether oxygens (including phenoxy) is 1. The van der Waals surface area contributed by atoms with Crippen molar-refractivity contribution in [3.8, 4) is 0 Å². The van der Waals surface area contributed by atoms with Crippen LogP contribution in [0.2, 0.25) is 15.1 Å². The van der Waals surface area contributed by atoms with E-state index in [1.54, 1.807) is 20.8 Å². The molecule has 2 rings (SSSR count). The number of esters is 1. The summed E-state index contributed by atoms with van der Waals surface area (Å²) in [5.41, 5.74) is -0.836. The average Bonchev–Trinajstić information content (AvgIpc) is 3.27. The molecule has 0 bridgehead atoms. The summed E-state index contributed by atoms with van der Waals surface area (Å²) in [5.74, 6) is -3.84. The van der Waals surface area contributed by atoms with Crippen molar-refractivity contribution < 1.29 is 19.1 Å². The number of benzene rings is 1. The van der Waals surface area contributed by atoms with E-state index in [2.05, 4.69) is 0 Å². The molecule has 0 aliphatic heterocycles. The van der Waals surface area contributed by atoms with Crippen LogP contribution in [0.1, 0.15) is 44.0 Å². The minimum atomic E-state index is -1.54. The number of Topliss-reactive ketones (excluding diaryl/α,β-unsaturated/α-hetero) is 2. The Morgan fingerprint density at radius 2 is 1.67 bits per heavy atom. The molecule has 1 aromatic carbocycles. The van der Waals surface area contributed by atoms with Crippen LogP contribution in [0.4, 0.5) is 0 Å². The Morgan fingerprint density at radius 1 is 1.08 bits per heavy atom. The van der Waals surface area contributed by atoms with Crippen LogP contribution >= 0.6 is 34.8 Å². The number of hydrogen-bond donors (Lipinski definition) is 0. The normalized spacial score (nSPS) is 15.8. The predicted octanol–water partition coefficient (Wildman–Crippen LogP) is 4.77. The minimum absolute atomic E-state index is 0.00555. The second-order valence-electron chi connectivity index (χ2n) is 6.73. The van der Waals surface area contributed by atoms with E-state index in [0.717, 1.165) is 0 Å². The second-order valence-corrected chi connectivity index (χ2v) is 7.89. The van der Waals surface area contributed by atoms with E-state index < -0.39 is 29.1 Å². The number of halogens is 3. The summed E-state index contributed by atoms with van der Waals surface area (Å²) in [5, 5.41) is 0.109. The summed E-state index contributed by atoms with van der Waals surface area (Å²) < 4.78 is 5.25. The summed E-state index contributed by atoms with van der Waals surface area (Å²) >= 11 is 17.9. The second kappa shape index (κ2) is 7.03. The van der Waals surface area contributed by atoms with Crippen molar-refractivity contribution >= 4 is 52.3 Å².